The second kappa shape index (κ2) is 4.00. The van der Waals surface area contributed by atoms with Crippen molar-refractivity contribution in [1.29, 1.82) is 0 Å². The molecule has 0 amide bonds. The Kier molecular flexibility index (Phi) is 2.54. The molecule has 0 saturated heterocycles. The molecule has 0 bridgehead atoms. The number of nitrogens with zero attached hydrogens (tertiary/aromatic N) is 3. The van der Waals surface area contributed by atoms with Gasteiger partial charge in [0, 0.05) is 16.8 Å². The van der Waals surface area contributed by atoms with Crippen LogP contribution in [0.15, 0.2) is 29.4 Å². The minimum absolute atomic E-state index is 0.873. The first-order valence-electron chi connectivity index (χ1n) is 4.69. The van der Waals surface area contributed by atoms with Crippen LogP contribution in [0.4, 0.5) is 0 Å². The molecule has 0 fully saturated rings. The van der Waals surface area contributed by atoms with Gasteiger partial charge in [-0.3, -0.25) is 4.99 Å². The highest BCUT2D eigenvalue weighted by Gasteiger charge is 1.94. The van der Waals surface area contributed by atoms with Gasteiger partial charge in [-0.15, -0.1) is 0 Å². The molecule has 0 unspecified atom stereocenters. The SMILES string of the molecule is C=N/C=c1/cc2nnccc2c/c1=C/C. The number of aliphatic imine (C=N–C) groups is 1. The Morgan fingerprint density at radius 2 is 2.20 bits per heavy atom. The minimum Gasteiger partial charge on any atom is -0.272 e. The first-order valence-corrected chi connectivity index (χ1v) is 4.69. The van der Waals surface area contributed by atoms with Crippen LogP contribution in [0.5, 0.6) is 0 Å². The molecule has 0 spiro atoms. The molecule has 1 aromatic heterocycles. The predicted molar refractivity (Wildman–Crippen MR) is 62.9 cm³/mol. The largest absolute Gasteiger partial charge is 0.272 e. The highest BCUT2D eigenvalue weighted by Crippen LogP contribution is 2.02. The molecule has 0 saturated carbocycles. The van der Waals surface area contributed by atoms with E-state index in [0.29, 0.717) is 0 Å². The van der Waals surface area contributed by atoms with Gasteiger partial charge in [-0.2, -0.15) is 10.2 Å². The fraction of sp³-hybridized carbons (Fsp3) is 0.0833. The Morgan fingerprint density at radius 1 is 1.33 bits per heavy atom. The normalized spacial score (nSPS) is 13.4. The zero-order valence-electron chi connectivity index (χ0n) is 8.51. The summed E-state index contributed by atoms with van der Waals surface area (Å²) < 4.78 is 0. The standard InChI is InChI=1S/C12H11N3/c1-3-9-6-10-4-5-14-15-12(10)7-11(9)8-13-2/h3-8H,2H2,1H3/b9-3-,11-8-. The molecule has 0 atom stereocenters. The van der Waals surface area contributed by atoms with Crippen molar-refractivity contribution in [1.82, 2.24) is 10.2 Å². The van der Waals surface area contributed by atoms with Crippen molar-refractivity contribution in [3.63, 3.8) is 0 Å². The van der Waals surface area contributed by atoms with E-state index in [4.69, 9.17) is 0 Å². The number of rotatable bonds is 1. The molecule has 0 aliphatic carbocycles. The molecule has 3 heteroatoms. The Hall–Kier alpha value is -2.03. The average Bonchev–Trinajstić information content (AvgIpc) is 2.28. The number of aromatic nitrogens is 2. The number of benzene rings is 1. The van der Waals surface area contributed by atoms with Gasteiger partial charge in [-0.25, -0.2) is 0 Å². The third-order valence-corrected chi connectivity index (χ3v) is 2.26. The molecule has 0 aliphatic heterocycles. The van der Waals surface area contributed by atoms with E-state index < -0.39 is 0 Å². The van der Waals surface area contributed by atoms with Crippen LogP contribution >= 0.6 is 0 Å². The molecule has 0 radical (unpaired) electrons. The lowest BCUT2D eigenvalue weighted by atomic mass is 10.1. The lowest BCUT2D eigenvalue weighted by molar-refractivity contribution is 1.07. The van der Waals surface area contributed by atoms with Crippen molar-refractivity contribution in [3.05, 3.63) is 34.8 Å². The highest BCUT2D eigenvalue weighted by molar-refractivity contribution is 5.78. The molecule has 2 aromatic rings. The van der Waals surface area contributed by atoms with Crippen LogP contribution in [0.25, 0.3) is 23.2 Å². The quantitative estimate of drug-likeness (QED) is 0.636. The van der Waals surface area contributed by atoms with Crippen LogP contribution in [0.1, 0.15) is 6.92 Å². The van der Waals surface area contributed by atoms with Gasteiger partial charge in [-0.1, -0.05) is 6.08 Å². The van der Waals surface area contributed by atoms with Gasteiger partial charge in [0.05, 0.1) is 11.7 Å². The van der Waals surface area contributed by atoms with Gasteiger partial charge in [0.2, 0.25) is 0 Å². The maximum Gasteiger partial charge on any atom is 0.0936 e. The maximum atomic E-state index is 4.05. The lowest BCUT2D eigenvalue weighted by Gasteiger charge is -1.95. The minimum atomic E-state index is 0.873. The zero-order valence-corrected chi connectivity index (χ0v) is 8.51. The Labute approximate surface area is 87.5 Å². The number of hydrogen-bond donors (Lipinski definition) is 0. The molecule has 1 heterocycles. The second-order valence-corrected chi connectivity index (χ2v) is 3.17. The van der Waals surface area contributed by atoms with Crippen molar-refractivity contribution in [2.45, 2.75) is 6.92 Å². The van der Waals surface area contributed by atoms with Crippen molar-refractivity contribution >= 4 is 29.9 Å². The topological polar surface area (TPSA) is 38.1 Å². The first-order chi connectivity index (χ1) is 7.35. The van der Waals surface area contributed by atoms with E-state index in [1.165, 1.54) is 0 Å². The van der Waals surface area contributed by atoms with Crippen LogP contribution in [0.2, 0.25) is 0 Å². The summed E-state index contributed by atoms with van der Waals surface area (Å²) in [4.78, 5) is 3.78. The van der Waals surface area contributed by atoms with E-state index in [9.17, 15) is 0 Å². The monoisotopic (exact) mass is 197 g/mol. The molecular formula is C12H11N3. The van der Waals surface area contributed by atoms with Gasteiger partial charge >= 0.3 is 0 Å². The van der Waals surface area contributed by atoms with Crippen molar-refractivity contribution in [3.8, 4) is 0 Å². The summed E-state index contributed by atoms with van der Waals surface area (Å²) in [6, 6.07) is 5.98. The van der Waals surface area contributed by atoms with E-state index in [-0.39, 0.29) is 0 Å². The Bertz CT molecular complexity index is 614. The molecule has 0 aliphatic rings. The third kappa shape index (κ3) is 1.76. The number of fused-ring (bicyclic) bond motifs is 1. The Morgan fingerprint density at radius 3 is 2.93 bits per heavy atom. The fourth-order valence-corrected chi connectivity index (χ4v) is 1.53. The molecule has 1 aromatic carbocycles. The Balaban J connectivity index is 2.94. The van der Waals surface area contributed by atoms with E-state index in [1.807, 2.05) is 25.1 Å². The molecule has 3 nitrogen and oxygen atoms in total. The summed E-state index contributed by atoms with van der Waals surface area (Å²) in [5.74, 6) is 0. The summed E-state index contributed by atoms with van der Waals surface area (Å²) in [7, 11) is 0. The summed E-state index contributed by atoms with van der Waals surface area (Å²) in [6.07, 6.45) is 5.46. The highest BCUT2D eigenvalue weighted by atomic mass is 15.1. The molecule has 15 heavy (non-hydrogen) atoms. The molecule has 0 N–H and O–H groups in total. The van der Waals surface area contributed by atoms with E-state index in [1.54, 1.807) is 12.4 Å². The van der Waals surface area contributed by atoms with Gasteiger partial charge < -0.3 is 0 Å². The summed E-state index contributed by atoms with van der Waals surface area (Å²) in [5.41, 5.74) is 0.873. The van der Waals surface area contributed by atoms with Crippen molar-refractivity contribution in [2.75, 3.05) is 0 Å². The lowest BCUT2D eigenvalue weighted by Crippen LogP contribution is -2.23. The van der Waals surface area contributed by atoms with Gasteiger partial charge in [0.1, 0.15) is 0 Å². The van der Waals surface area contributed by atoms with E-state index in [2.05, 4.69) is 28.0 Å². The third-order valence-electron chi connectivity index (χ3n) is 2.26. The van der Waals surface area contributed by atoms with Crippen LogP contribution in [-0.2, 0) is 0 Å². The van der Waals surface area contributed by atoms with Gasteiger partial charge in [0.25, 0.3) is 0 Å². The molecule has 2 rings (SSSR count). The van der Waals surface area contributed by atoms with E-state index in [0.717, 1.165) is 21.3 Å². The van der Waals surface area contributed by atoms with E-state index >= 15 is 0 Å². The van der Waals surface area contributed by atoms with Crippen molar-refractivity contribution in [2.24, 2.45) is 4.99 Å². The van der Waals surface area contributed by atoms with Crippen molar-refractivity contribution < 1.29 is 0 Å². The first kappa shape index (κ1) is 9.52. The smallest absolute Gasteiger partial charge is 0.0936 e. The molecular weight excluding hydrogens is 186 g/mol. The molecule has 74 valence electrons. The summed E-state index contributed by atoms with van der Waals surface area (Å²) in [5, 5.41) is 11.1. The van der Waals surface area contributed by atoms with Crippen LogP contribution in [-0.4, -0.2) is 16.9 Å². The zero-order chi connectivity index (χ0) is 10.7. The number of hydrogen-bond acceptors (Lipinski definition) is 3. The van der Waals surface area contributed by atoms with Crippen LogP contribution < -0.4 is 10.4 Å². The summed E-state index contributed by atoms with van der Waals surface area (Å²) >= 11 is 0. The van der Waals surface area contributed by atoms with Crippen LogP contribution in [0.3, 0.4) is 0 Å². The maximum absolute atomic E-state index is 4.05. The summed E-state index contributed by atoms with van der Waals surface area (Å²) in [6.45, 7) is 5.45. The van der Waals surface area contributed by atoms with Crippen LogP contribution in [0, 0.1) is 0 Å². The van der Waals surface area contributed by atoms with Gasteiger partial charge in [0.15, 0.2) is 0 Å². The predicted octanol–water partition coefficient (Wildman–Crippen LogP) is 0.869. The second-order valence-electron chi connectivity index (χ2n) is 3.17. The fourth-order valence-electron chi connectivity index (χ4n) is 1.53. The van der Waals surface area contributed by atoms with Gasteiger partial charge in [-0.05, 0) is 37.1 Å². The average molecular weight is 197 g/mol.